The molecule has 1 aromatic heterocycles. The number of carbonyl (C=O) groups excluding carboxylic acids is 2. The molecular formula is C19H31N5O2. The number of rotatable bonds is 5. The number of nitrogens with zero attached hydrogens (tertiary/aromatic N) is 5. The lowest BCUT2D eigenvalue weighted by Gasteiger charge is -2.42. The van der Waals surface area contributed by atoms with Gasteiger partial charge in [0.15, 0.2) is 0 Å². The van der Waals surface area contributed by atoms with E-state index in [9.17, 15) is 9.59 Å². The normalized spacial score (nSPS) is 22.1. The maximum Gasteiger partial charge on any atom is 0.245 e. The maximum atomic E-state index is 13.1. The summed E-state index contributed by atoms with van der Waals surface area (Å²) in [6.45, 7) is 7.84. The first kappa shape index (κ1) is 18.9. The van der Waals surface area contributed by atoms with Crippen molar-refractivity contribution in [1.82, 2.24) is 19.6 Å². The lowest BCUT2D eigenvalue weighted by molar-refractivity contribution is -0.134. The predicted molar refractivity (Wildman–Crippen MR) is 101 cm³/mol. The zero-order valence-electron chi connectivity index (χ0n) is 16.3. The van der Waals surface area contributed by atoms with E-state index < -0.39 is 0 Å². The Bertz CT molecular complexity index is 648. The molecule has 0 aromatic carbocycles. The minimum Gasteiger partial charge on any atom is -0.340 e. The Kier molecular flexibility index (Phi) is 5.96. The summed E-state index contributed by atoms with van der Waals surface area (Å²) >= 11 is 0. The second kappa shape index (κ2) is 8.20. The smallest absolute Gasteiger partial charge is 0.245 e. The average molecular weight is 361 g/mol. The van der Waals surface area contributed by atoms with Crippen molar-refractivity contribution >= 4 is 17.6 Å². The topological polar surface area (TPSA) is 61.7 Å². The van der Waals surface area contributed by atoms with Gasteiger partial charge < -0.3 is 4.90 Å². The van der Waals surface area contributed by atoms with E-state index in [2.05, 4.69) is 16.9 Å². The van der Waals surface area contributed by atoms with E-state index in [4.69, 9.17) is 0 Å². The van der Waals surface area contributed by atoms with Gasteiger partial charge in [-0.15, -0.1) is 0 Å². The van der Waals surface area contributed by atoms with Gasteiger partial charge in [0.2, 0.25) is 11.8 Å². The Morgan fingerprint density at radius 2 is 1.96 bits per heavy atom. The fourth-order valence-corrected chi connectivity index (χ4v) is 4.04. The molecule has 7 heteroatoms. The van der Waals surface area contributed by atoms with Crippen LogP contribution in [0.1, 0.15) is 44.7 Å². The highest BCUT2D eigenvalue weighted by Crippen LogP contribution is 2.25. The number of unbranched alkanes of at least 4 members (excludes halogenated alkanes) is 1. The first-order valence-electron chi connectivity index (χ1n) is 9.85. The van der Waals surface area contributed by atoms with Crippen molar-refractivity contribution in [3.8, 4) is 0 Å². The molecule has 7 nitrogen and oxygen atoms in total. The highest BCUT2D eigenvalue weighted by Gasteiger charge is 2.36. The third-order valence-electron chi connectivity index (χ3n) is 5.52. The van der Waals surface area contributed by atoms with Crippen molar-refractivity contribution in [2.24, 2.45) is 7.05 Å². The van der Waals surface area contributed by atoms with Crippen LogP contribution in [0.5, 0.6) is 0 Å². The number of aromatic nitrogens is 2. The fourth-order valence-electron chi connectivity index (χ4n) is 4.04. The molecule has 2 fully saturated rings. The van der Waals surface area contributed by atoms with Crippen molar-refractivity contribution in [2.45, 2.75) is 52.0 Å². The molecule has 2 aliphatic rings. The Morgan fingerprint density at radius 3 is 2.58 bits per heavy atom. The Labute approximate surface area is 155 Å². The Hall–Kier alpha value is -1.89. The van der Waals surface area contributed by atoms with Gasteiger partial charge in [0.1, 0.15) is 5.82 Å². The van der Waals surface area contributed by atoms with Crippen LogP contribution >= 0.6 is 0 Å². The van der Waals surface area contributed by atoms with Crippen LogP contribution in [0, 0.1) is 6.92 Å². The van der Waals surface area contributed by atoms with Crippen molar-refractivity contribution in [3.63, 3.8) is 0 Å². The van der Waals surface area contributed by atoms with Crippen LogP contribution in [0.15, 0.2) is 6.07 Å². The molecule has 2 saturated heterocycles. The highest BCUT2D eigenvalue weighted by molar-refractivity contribution is 5.97. The van der Waals surface area contributed by atoms with E-state index >= 15 is 0 Å². The summed E-state index contributed by atoms with van der Waals surface area (Å²) in [6.07, 6.45) is 4.55. The monoisotopic (exact) mass is 361 g/mol. The molecule has 2 amide bonds. The van der Waals surface area contributed by atoms with Gasteiger partial charge in [-0.2, -0.15) is 5.10 Å². The van der Waals surface area contributed by atoms with Gasteiger partial charge in [0.05, 0.1) is 11.7 Å². The molecule has 2 aliphatic heterocycles. The van der Waals surface area contributed by atoms with Crippen LogP contribution in [0.3, 0.4) is 0 Å². The SMILES string of the molecule is CCCCC(=O)N1CCN([C@H]2CCCN(c3cc(C)nn3C)C2=O)CC1. The standard InChI is InChI=1S/C19H31N5O2/c1-4-5-8-18(25)23-12-10-22(11-13-23)16-7-6-9-24(19(16)26)17-14-15(2)20-21(17)3/h14,16H,4-13H2,1-3H3/t16-/m0/s1. The summed E-state index contributed by atoms with van der Waals surface area (Å²) in [6, 6.07) is 1.90. The van der Waals surface area contributed by atoms with Crippen LogP contribution in [-0.4, -0.2) is 70.2 Å². The number of hydrogen-bond acceptors (Lipinski definition) is 4. The van der Waals surface area contributed by atoms with Crippen molar-refractivity contribution in [2.75, 3.05) is 37.6 Å². The number of anilines is 1. The second-order valence-electron chi connectivity index (χ2n) is 7.44. The summed E-state index contributed by atoms with van der Waals surface area (Å²) in [4.78, 5) is 31.4. The summed E-state index contributed by atoms with van der Waals surface area (Å²) in [5.41, 5.74) is 0.927. The number of piperidine rings is 1. The summed E-state index contributed by atoms with van der Waals surface area (Å²) in [5.74, 6) is 1.31. The van der Waals surface area contributed by atoms with Crippen LogP contribution in [0.25, 0.3) is 0 Å². The number of amides is 2. The third-order valence-corrected chi connectivity index (χ3v) is 5.52. The molecule has 3 rings (SSSR count). The maximum absolute atomic E-state index is 13.1. The quantitative estimate of drug-likeness (QED) is 0.798. The lowest BCUT2D eigenvalue weighted by Crippen LogP contribution is -2.58. The second-order valence-corrected chi connectivity index (χ2v) is 7.44. The molecule has 0 bridgehead atoms. The molecule has 1 atom stereocenters. The van der Waals surface area contributed by atoms with Gasteiger partial charge in [-0.3, -0.25) is 24.1 Å². The molecule has 0 spiro atoms. The number of carbonyl (C=O) groups is 2. The molecule has 26 heavy (non-hydrogen) atoms. The van der Waals surface area contributed by atoms with E-state index in [-0.39, 0.29) is 17.9 Å². The lowest BCUT2D eigenvalue weighted by atomic mass is 10.0. The molecule has 0 unspecified atom stereocenters. The van der Waals surface area contributed by atoms with Gasteiger partial charge >= 0.3 is 0 Å². The number of aryl methyl sites for hydroxylation is 2. The van der Waals surface area contributed by atoms with E-state index in [1.54, 1.807) is 4.68 Å². The molecule has 144 valence electrons. The van der Waals surface area contributed by atoms with E-state index in [0.29, 0.717) is 6.42 Å². The fraction of sp³-hybridized carbons (Fsp3) is 0.737. The molecule has 1 aromatic rings. The molecule has 0 radical (unpaired) electrons. The van der Waals surface area contributed by atoms with E-state index in [1.165, 1.54) is 0 Å². The predicted octanol–water partition coefficient (Wildman–Crippen LogP) is 1.56. The largest absolute Gasteiger partial charge is 0.340 e. The van der Waals surface area contributed by atoms with Crippen LogP contribution in [0.4, 0.5) is 5.82 Å². The van der Waals surface area contributed by atoms with E-state index in [0.717, 1.165) is 69.9 Å². The summed E-state index contributed by atoms with van der Waals surface area (Å²) in [7, 11) is 1.89. The average Bonchev–Trinajstić information content (AvgIpc) is 2.98. The van der Waals surface area contributed by atoms with Crippen molar-refractivity contribution in [1.29, 1.82) is 0 Å². The third kappa shape index (κ3) is 3.92. The van der Waals surface area contributed by atoms with Gasteiger partial charge in [0, 0.05) is 52.3 Å². The zero-order valence-corrected chi connectivity index (χ0v) is 16.3. The van der Waals surface area contributed by atoms with Crippen molar-refractivity contribution in [3.05, 3.63) is 11.8 Å². The van der Waals surface area contributed by atoms with E-state index in [1.807, 2.05) is 29.8 Å². The number of hydrogen-bond donors (Lipinski definition) is 0. The molecule has 0 saturated carbocycles. The van der Waals surface area contributed by atoms with Crippen LogP contribution < -0.4 is 4.90 Å². The summed E-state index contributed by atoms with van der Waals surface area (Å²) < 4.78 is 1.79. The van der Waals surface area contributed by atoms with Crippen LogP contribution in [0.2, 0.25) is 0 Å². The molecule has 3 heterocycles. The molecular weight excluding hydrogens is 330 g/mol. The first-order chi connectivity index (χ1) is 12.5. The Balaban J connectivity index is 1.61. The highest BCUT2D eigenvalue weighted by atomic mass is 16.2. The molecule has 0 N–H and O–H groups in total. The minimum absolute atomic E-state index is 0.0770. The Morgan fingerprint density at radius 1 is 1.23 bits per heavy atom. The van der Waals surface area contributed by atoms with Gasteiger partial charge in [-0.25, -0.2) is 0 Å². The molecule has 0 aliphatic carbocycles. The first-order valence-corrected chi connectivity index (χ1v) is 9.85. The number of piperazine rings is 1. The van der Waals surface area contributed by atoms with Gasteiger partial charge in [-0.1, -0.05) is 13.3 Å². The van der Waals surface area contributed by atoms with Gasteiger partial charge in [0.25, 0.3) is 0 Å². The minimum atomic E-state index is -0.0770. The van der Waals surface area contributed by atoms with Crippen LogP contribution in [-0.2, 0) is 16.6 Å². The zero-order chi connectivity index (χ0) is 18.7. The summed E-state index contributed by atoms with van der Waals surface area (Å²) in [5, 5.41) is 4.38. The van der Waals surface area contributed by atoms with Gasteiger partial charge in [-0.05, 0) is 26.2 Å². The van der Waals surface area contributed by atoms with Crippen molar-refractivity contribution < 1.29 is 9.59 Å².